The first-order valence-corrected chi connectivity index (χ1v) is 8.47. The Bertz CT molecular complexity index is 997. The maximum absolute atomic E-state index is 13.7. The predicted octanol–water partition coefficient (Wildman–Crippen LogP) is 3.97. The molecule has 0 radical (unpaired) electrons. The molecule has 0 spiro atoms. The third-order valence-corrected chi connectivity index (χ3v) is 4.68. The van der Waals surface area contributed by atoms with Gasteiger partial charge < -0.3 is 10.2 Å². The van der Waals surface area contributed by atoms with Crippen LogP contribution in [0.4, 0.5) is 15.8 Å². The zero-order chi connectivity index (χ0) is 18.1. The molecule has 1 heterocycles. The van der Waals surface area contributed by atoms with Crippen LogP contribution in [0.5, 0.6) is 0 Å². The Morgan fingerprint density at radius 2 is 1.73 bits per heavy atom. The van der Waals surface area contributed by atoms with Gasteiger partial charge in [-0.3, -0.25) is 9.59 Å². The van der Waals surface area contributed by atoms with Gasteiger partial charge in [-0.25, -0.2) is 4.39 Å². The molecular formula is C21H17FN2O2. The molecule has 1 atom stereocenters. The van der Waals surface area contributed by atoms with Crippen molar-refractivity contribution in [2.24, 2.45) is 5.92 Å². The second-order valence-corrected chi connectivity index (χ2v) is 6.37. The lowest BCUT2D eigenvalue weighted by Gasteiger charge is -2.19. The first-order chi connectivity index (χ1) is 12.6. The van der Waals surface area contributed by atoms with Gasteiger partial charge in [0.2, 0.25) is 11.8 Å². The quantitative estimate of drug-likeness (QED) is 0.779. The van der Waals surface area contributed by atoms with Crippen LogP contribution in [0, 0.1) is 11.7 Å². The number of nitrogens with zero attached hydrogens (tertiary/aromatic N) is 1. The fourth-order valence-electron chi connectivity index (χ4n) is 3.36. The molecule has 4 rings (SSSR count). The van der Waals surface area contributed by atoms with Crippen LogP contribution < -0.4 is 10.2 Å². The molecule has 4 nitrogen and oxygen atoms in total. The number of hydrogen-bond acceptors (Lipinski definition) is 2. The smallest absolute Gasteiger partial charge is 0.229 e. The molecule has 3 aromatic rings. The molecule has 0 saturated carbocycles. The van der Waals surface area contributed by atoms with E-state index in [0.29, 0.717) is 0 Å². The predicted molar refractivity (Wildman–Crippen MR) is 99.4 cm³/mol. The zero-order valence-corrected chi connectivity index (χ0v) is 14.0. The fraction of sp³-hybridized carbons (Fsp3) is 0.143. The zero-order valence-electron chi connectivity index (χ0n) is 14.0. The summed E-state index contributed by atoms with van der Waals surface area (Å²) in [5.74, 6) is -1.45. The number of halogens is 1. The van der Waals surface area contributed by atoms with Crippen molar-refractivity contribution in [3.8, 4) is 0 Å². The van der Waals surface area contributed by atoms with E-state index in [4.69, 9.17) is 0 Å². The highest BCUT2D eigenvalue weighted by molar-refractivity contribution is 6.08. The van der Waals surface area contributed by atoms with Gasteiger partial charge in [-0.2, -0.15) is 0 Å². The number of rotatable bonds is 3. The van der Waals surface area contributed by atoms with Crippen LogP contribution >= 0.6 is 0 Å². The summed E-state index contributed by atoms with van der Waals surface area (Å²) in [7, 11) is 0. The number of amides is 2. The van der Waals surface area contributed by atoms with Gasteiger partial charge in [-0.05, 0) is 23.6 Å². The van der Waals surface area contributed by atoms with Crippen molar-refractivity contribution in [2.45, 2.75) is 6.42 Å². The lowest BCUT2D eigenvalue weighted by atomic mass is 10.1. The van der Waals surface area contributed by atoms with Crippen LogP contribution in [0.15, 0.2) is 66.7 Å². The van der Waals surface area contributed by atoms with E-state index in [9.17, 15) is 14.0 Å². The van der Waals surface area contributed by atoms with Crippen molar-refractivity contribution in [1.29, 1.82) is 0 Å². The van der Waals surface area contributed by atoms with E-state index in [1.54, 1.807) is 17.0 Å². The molecule has 0 bridgehead atoms. The molecule has 1 saturated heterocycles. The average molecular weight is 348 g/mol. The maximum Gasteiger partial charge on any atom is 0.229 e. The summed E-state index contributed by atoms with van der Waals surface area (Å²) in [5.41, 5.74) is 0.933. The SMILES string of the molecule is O=C(Nc1ccccc1F)C1CC(=O)N(c2cccc3ccccc23)C1. The van der Waals surface area contributed by atoms with Crippen LogP contribution in [0.3, 0.4) is 0 Å². The Balaban J connectivity index is 1.57. The van der Waals surface area contributed by atoms with Crippen LogP contribution in [0.25, 0.3) is 10.8 Å². The molecule has 5 heteroatoms. The summed E-state index contributed by atoms with van der Waals surface area (Å²) in [6, 6.07) is 19.6. The van der Waals surface area contributed by atoms with Gasteiger partial charge >= 0.3 is 0 Å². The molecule has 130 valence electrons. The average Bonchev–Trinajstić information content (AvgIpc) is 3.05. The third-order valence-electron chi connectivity index (χ3n) is 4.68. The number of nitrogens with one attached hydrogen (secondary N) is 1. The molecule has 1 N–H and O–H groups in total. The topological polar surface area (TPSA) is 49.4 Å². The Hall–Kier alpha value is -3.21. The van der Waals surface area contributed by atoms with Crippen molar-refractivity contribution in [3.05, 3.63) is 72.5 Å². The molecule has 1 aliphatic rings. The van der Waals surface area contributed by atoms with Crippen LogP contribution in [-0.4, -0.2) is 18.4 Å². The number of hydrogen-bond donors (Lipinski definition) is 1. The molecule has 2 amide bonds. The second-order valence-electron chi connectivity index (χ2n) is 6.37. The van der Waals surface area contributed by atoms with Gasteiger partial charge in [0, 0.05) is 18.4 Å². The molecular weight excluding hydrogens is 331 g/mol. The lowest BCUT2D eigenvalue weighted by Crippen LogP contribution is -2.28. The van der Waals surface area contributed by atoms with Gasteiger partial charge in [0.05, 0.1) is 17.3 Å². The highest BCUT2D eigenvalue weighted by Gasteiger charge is 2.35. The van der Waals surface area contributed by atoms with Gasteiger partial charge in [-0.15, -0.1) is 0 Å². The van der Waals surface area contributed by atoms with Gasteiger partial charge in [0.25, 0.3) is 0 Å². The third kappa shape index (κ3) is 2.92. The highest BCUT2D eigenvalue weighted by atomic mass is 19.1. The molecule has 26 heavy (non-hydrogen) atoms. The largest absolute Gasteiger partial charge is 0.323 e. The van der Waals surface area contributed by atoms with Crippen molar-refractivity contribution in [1.82, 2.24) is 0 Å². The van der Waals surface area contributed by atoms with E-state index >= 15 is 0 Å². The molecule has 1 unspecified atom stereocenters. The molecule has 3 aromatic carbocycles. The van der Waals surface area contributed by atoms with Crippen molar-refractivity contribution in [3.63, 3.8) is 0 Å². The maximum atomic E-state index is 13.7. The Labute approximate surface area is 150 Å². The molecule has 0 aromatic heterocycles. The summed E-state index contributed by atoms with van der Waals surface area (Å²) in [6.07, 6.45) is 0.115. The van der Waals surface area contributed by atoms with E-state index in [-0.39, 0.29) is 30.5 Å². The molecule has 1 fully saturated rings. The number of para-hydroxylation sites is 1. The Kier molecular flexibility index (Phi) is 4.13. The normalized spacial score (nSPS) is 16.9. The summed E-state index contributed by atoms with van der Waals surface area (Å²) >= 11 is 0. The van der Waals surface area contributed by atoms with Crippen LogP contribution in [0.1, 0.15) is 6.42 Å². The first-order valence-electron chi connectivity index (χ1n) is 8.47. The number of fused-ring (bicyclic) bond motifs is 1. The molecule has 0 aliphatic carbocycles. The number of benzene rings is 3. The van der Waals surface area contributed by atoms with Crippen molar-refractivity contribution >= 4 is 34.0 Å². The van der Waals surface area contributed by atoms with Crippen LogP contribution in [-0.2, 0) is 9.59 Å². The van der Waals surface area contributed by atoms with Gasteiger partial charge in [0.1, 0.15) is 5.82 Å². The highest BCUT2D eigenvalue weighted by Crippen LogP contribution is 2.32. The van der Waals surface area contributed by atoms with E-state index in [1.807, 2.05) is 42.5 Å². The van der Waals surface area contributed by atoms with Crippen molar-refractivity contribution in [2.75, 3.05) is 16.8 Å². The summed E-state index contributed by atoms with van der Waals surface area (Å²) in [6.45, 7) is 0.285. The standard InChI is InChI=1S/C21H17FN2O2/c22-17-9-3-4-10-18(17)23-21(26)15-12-20(25)24(13-15)19-11-5-7-14-6-1-2-8-16(14)19/h1-11,15H,12-13H2,(H,23,26). The minimum Gasteiger partial charge on any atom is -0.323 e. The summed E-state index contributed by atoms with van der Waals surface area (Å²) in [5, 5.41) is 4.60. The lowest BCUT2D eigenvalue weighted by molar-refractivity contribution is -0.122. The first kappa shape index (κ1) is 16.3. The summed E-state index contributed by atoms with van der Waals surface area (Å²) < 4.78 is 13.7. The van der Waals surface area contributed by atoms with E-state index < -0.39 is 11.7 Å². The van der Waals surface area contributed by atoms with Crippen LogP contribution in [0.2, 0.25) is 0 Å². The van der Waals surface area contributed by atoms with E-state index in [2.05, 4.69) is 5.32 Å². The van der Waals surface area contributed by atoms with E-state index in [1.165, 1.54) is 12.1 Å². The molecule has 1 aliphatic heterocycles. The number of carbonyl (C=O) groups excluding carboxylic acids is 2. The summed E-state index contributed by atoms with van der Waals surface area (Å²) in [4.78, 5) is 26.7. The minimum atomic E-state index is -0.513. The van der Waals surface area contributed by atoms with Gasteiger partial charge in [-0.1, -0.05) is 48.5 Å². The van der Waals surface area contributed by atoms with E-state index in [0.717, 1.165) is 16.5 Å². The fourth-order valence-corrected chi connectivity index (χ4v) is 3.36. The monoisotopic (exact) mass is 348 g/mol. The second kappa shape index (κ2) is 6.59. The Morgan fingerprint density at radius 1 is 1.00 bits per heavy atom. The van der Waals surface area contributed by atoms with Gasteiger partial charge in [0.15, 0.2) is 0 Å². The number of anilines is 2. The van der Waals surface area contributed by atoms with Crippen molar-refractivity contribution < 1.29 is 14.0 Å². The Morgan fingerprint density at radius 3 is 2.58 bits per heavy atom. The number of carbonyl (C=O) groups is 2. The minimum absolute atomic E-state index is 0.102.